The van der Waals surface area contributed by atoms with Gasteiger partial charge in [-0.1, -0.05) is 41.6 Å². The molecule has 3 aromatic heterocycles. The zero-order chi connectivity index (χ0) is 37.9. The lowest BCUT2D eigenvalue weighted by Gasteiger charge is -2.22. The van der Waals surface area contributed by atoms with Crippen molar-refractivity contribution in [3.05, 3.63) is 110 Å². The van der Waals surface area contributed by atoms with Crippen LogP contribution in [-0.4, -0.2) is 73.0 Å². The van der Waals surface area contributed by atoms with Crippen molar-refractivity contribution in [3.63, 3.8) is 0 Å². The number of hydrogen-bond donors (Lipinski definition) is 1. The molecule has 0 aliphatic carbocycles. The van der Waals surface area contributed by atoms with Crippen LogP contribution in [0.3, 0.4) is 0 Å². The standard InChI is InChI=1S/C40H39ClN8O4S/c1-24-34(54-40-36(24)37(28-11-13-29(41)14-12-28)44-25(2)38-46-45-26(3)49(38)40)16-10-27-20-43-47(21-27)18-5-6-19-53-33-9-7-8-31-32(33)22-48(39(31)52)30(23-50)15-17-35(51)42-4/h7-9,11-14,20-21,23,25,30H,5-6,15,17-19,22H2,1-4H3,(H,42,51)/t25-,30?/m0/s1. The SMILES string of the molecule is CNC(=O)CCC(C=O)N1Cc2c(OCCCCn3cc(C#Cc4sc5c(c4C)C(c4ccc(Cl)cc4)=N[C@@H](C)c4nnc(C)n4-5)cn3)cccc2C1=O. The molecule has 1 unspecified atom stereocenters. The number of aliphatic imine (C=N–C) groups is 1. The second-order valence-corrected chi connectivity index (χ2v) is 14.7. The number of ether oxygens (including phenoxy) is 1. The first kappa shape index (κ1) is 36.8. The van der Waals surface area contributed by atoms with E-state index in [1.165, 1.54) is 4.90 Å². The van der Waals surface area contributed by atoms with E-state index in [0.717, 1.165) is 74.2 Å². The maximum absolute atomic E-state index is 13.1. The van der Waals surface area contributed by atoms with Gasteiger partial charge in [-0.05, 0) is 69.9 Å². The molecule has 2 aliphatic heterocycles. The molecule has 5 aromatic rings. The Hall–Kier alpha value is -5.58. The van der Waals surface area contributed by atoms with Gasteiger partial charge in [0.05, 0.1) is 41.5 Å². The number of aldehydes is 1. The van der Waals surface area contributed by atoms with Gasteiger partial charge in [0.1, 0.15) is 28.9 Å². The third kappa shape index (κ3) is 7.31. The second kappa shape index (κ2) is 15.8. The first-order valence-electron chi connectivity index (χ1n) is 17.8. The van der Waals surface area contributed by atoms with E-state index in [4.69, 9.17) is 21.3 Å². The van der Waals surface area contributed by atoms with E-state index in [2.05, 4.69) is 43.9 Å². The molecule has 0 bridgehead atoms. The summed E-state index contributed by atoms with van der Waals surface area (Å²) in [5.74, 6) is 8.54. The Morgan fingerprint density at radius 1 is 1.15 bits per heavy atom. The van der Waals surface area contributed by atoms with Crippen LogP contribution in [-0.2, 0) is 22.7 Å². The van der Waals surface area contributed by atoms with Crippen molar-refractivity contribution in [1.82, 2.24) is 34.8 Å². The number of aromatic nitrogens is 5. The number of carbonyl (C=O) groups excluding carboxylic acids is 3. The van der Waals surface area contributed by atoms with Crippen molar-refractivity contribution in [2.75, 3.05) is 13.7 Å². The first-order chi connectivity index (χ1) is 26.2. The Labute approximate surface area is 322 Å². The summed E-state index contributed by atoms with van der Waals surface area (Å²) in [6.45, 7) is 7.49. The first-order valence-corrected chi connectivity index (χ1v) is 19.0. The van der Waals surface area contributed by atoms with Crippen LogP contribution < -0.4 is 10.1 Å². The lowest BCUT2D eigenvalue weighted by atomic mass is 9.99. The van der Waals surface area contributed by atoms with E-state index in [1.807, 2.05) is 55.1 Å². The second-order valence-electron chi connectivity index (χ2n) is 13.3. The van der Waals surface area contributed by atoms with Gasteiger partial charge in [0.2, 0.25) is 5.91 Å². The van der Waals surface area contributed by atoms with E-state index in [0.29, 0.717) is 29.5 Å². The number of thiophene rings is 1. The Bertz CT molecular complexity index is 2330. The number of benzene rings is 2. The van der Waals surface area contributed by atoms with Crippen LogP contribution in [0.4, 0.5) is 0 Å². The highest BCUT2D eigenvalue weighted by atomic mass is 35.5. The van der Waals surface area contributed by atoms with Crippen LogP contribution in [0.15, 0.2) is 59.9 Å². The molecule has 54 heavy (non-hydrogen) atoms. The van der Waals surface area contributed by atoms with Crippen LogP contribution in [0.25, 0.3) is 5.00 Å². The van der Waals surface area contributed by atoms with Crippen LogP contribution in [0.5, 0.6) is 5.75 Å². The topological polar surface area (TPSA) is 137 Å². The Balaban J connectivity index is 0.987. The van der Waals surface area contributed by atoms with E-state index in [9.17, 15) is 14.4 Å². The van der Waals surface area contributed by atoms with E-state index < -0.39 is 6.04 Å². The molecule has 0 saturated heterocycles. The van der Waals surface area contributed by atoms with Crippen molar-refractivity contribution in [1.29, 1.82) is 0 Å². The summed E-state index contributed by atoms with van der Waals surface area (Å²) in [6.07, 6.45) is 6.48. The smallest absolute Gasteiger partial charge is 0.255 e. The number of fused-ring (bicyclic) bond motifs is 4. The maximum atomic E-state index is 13.1. The monoisotopic (exact) mass is 762 g/mol. The molecule has 2 aromatic carbocycles. The van der Waals surface area contributed by atoms with Crippen LogP contribution in [0.1, 0.15) is 93.4 Å². The van der Waals surface area contributed by atoms with Gasteiger partial charge in [-0.25, -0.2) is 0 Å². The minimum Gasteiger partial charge on any atom is -0.493 e. The molecule has 5 heterocycles. The zero-order valence-corrected chi connectivity index (χ0v) is 32.0. The molecule has 276 valence electrons. The average Bonchev–Trinajstić information content (AvgIpc) is 3.93. The lowest BCUT2D eigenvalue weighted by molar-refractivity contribution is -0.121. The fourth-order valence-electron chi connectivity index (χ4n) is 6.76. The van der Waals surface area contributed by atoms with Crippen LogP contribution in [0, 0.1) is 25.7 Å². The number of aryl methyl sites for hydroxylation is 2. The fraction of sp³-hybridized carbons (Fsp3) is 0.325. The predicted molar refractivity (Wildman–Crippen MR) is 207 cm³/mol. The third-order valence-corrected chi connectivity index (χ3v) is 11.1. The fourth-order valence-corrected chi connectivity index (χ4v) is 8.11. The Kier molecular flexibility index (Phi) is 10.8. The number of unbranched alkanes of at least 4 members (excludes halogenated alkanes) is 1. The number of rotatable bonds is 12. The van der Waals surface area contributed by atoms with Gasteiger partial charge in [0.25, 0.3) is 5.91 Å². The summed E-state index contributed by atoms with van der Waals surface area (Å²) in [6, 6.07) is 12.3. The highest BCUT2D eigenvalue weighted by Gasteiger charge is 2.35. The summed E-state index contributed by atoms with van der Waals surface area (Å²) in [7, 11) is 1.55. The summed E-state index contributed by atoms with van der Waals surface area (Å²) >= 11 is 7.83. The van der Waals surface area contributed by atoms with E-state index >= 15 is 0 Å². The van der Waals surface area contributed by atoms with Gasteiger partial charge in [-0.2, -0.15) is 5.10 Å². The number of amides is 2. The van der Waals surface area contributed by atoms with Crippen LogP contribution >= 0.6 is 22.9 Å². The molecule has 12 nitrogen and oxygen atoms in total. The van der Waals surface area contributed by atoms with E-state index in [-0.39, 0.29) is 37.2 Å². The van der Waals surface area contributed by atoms with Crippen molar-refractivity contribution in [2.24, 2.45) is 4.99 Å². The van der Waals surface area contributed by atoms with Gasteiger partial charge in [0, 0.05) is 53.5 Å². The van der Waals surface area contributed by atoms with Crippen molar-refractivity contribution >= 4 is 46.7 Å². The predicted octanol–water partition coefficient (Wildman–Crippen LogP) is 6.02. The highest BCUT2D eigenvalue weighted by molar-refractivity contribution is 7.15. The summed E-state index contributed by atoms with van der Waals surface area (Å²) in [4.78, 5) is 44.2. The molecule has 0 fully saturated rings. The van der Waals surface area contributed by atoms with Crippen molar-refractivity contribution in [3.8, 4) is 22.6 Å². The number of nitrogens with zero attached hydrogens (tertiary/aromatic N) is 7. The molecule has 0 radical (unpaired) electrons. The van der Waals surface area contributed by atoms with E-state index in [1.54, 1.807) is 36.7 Å². The molecule has 2 aliphatic rings. The quantitative estimate of drug-likeness (QED) is 0.0934. The number of carbonyl (C=O) groups is 3. The molecule has 0 saturated carbocycles. The average molecular weight is 763 g/mol. The largest absolute Gasteiger partial charge is 0.493 e. The van der Waals surface area contributed by atoms with Gasteiger partial charge in [-0.3, -0.25) is 23.8 Å². The highest BCUT2D eigenvalue weighted by Crippen LogP contribution is 2.39. The molecule has 7 rings (SSSR count). The number of nitrogens with one attached hydrogen (secondary N) is 1. The molecule has 14 heteroatoms. The van der Waals surface area contributed by atoms with Gasteiger partial charge < -0.3 is 19.7 Å². The summed E-state index contributed by atoms with van der Waals surface area (Å²) in [5, 5.41) is 17.6. The Morgan fingerprint density at radius 3 is 2.74 bits per heavy atom. The molecule has 0 spiro atoms. The van der Waals surface area contributed by atoms with Gasteiger partial charge in [-0.15, -0.1) is 21.5 Å². The molecular formula is C40H39ClN8O4S. The lowest BCUT2D eigenvalue weighted by Crippen LogP contribution is -2.37. The summed E-state index contributed by atoms with van der Waals surface area (Å²) in [5.41, 5.74) is 6.03. The van der Waals surface area contributed by atoms with Crippen molar-refractivity contribution < 1.29 is 19.1 Å². The normalized spacial score (nSPS) is 15.0. The number of halogens is 1. The molecule has 2 amide bonds. The van der Waals surface area contributed by atoms with Gasteiger partial charge >= 0.3 is 0 Å². The molecular weight excluding hydrogens is 724 g/mol. The minimum absolute atomic E-state index is 0.164. The van der Waals surface area contributed by atoms with Crippen molar-refractivity contribution in [2.45, 2.75) is 71.6 Å². The molecule has 1 N–H and O–H groups in total. The Morgan fingerprint density at radius 2 is 1.96 bits per heavy atom. The summed E-state index contributed by atoms with van der Waals surface area (Å²) < 4.78 is 10.1. The molecule has 2 atom stereocenters. The maximum Gasteiger partial charge on any atom is 0.255 e. The van der Waals surface area contributed by atoms with Gasteiger partial charge in [0.15, 0.2) is 5.82 Å². The zero-order valence-electron chi connectivity index (χ0n) is 30.4. The number of hydrogen-bond acceptors (Lipinski definition) is 9. The van der Waals surface area contributed by atoms with Crippen LogP contribution in [0.2, 0.25) is 5.02 Å². The minimum atomic E-state index is -0.679. The third-order valence-electron chi connectivity index (χ3n) is 9.68.